The van der Waals surface area contributed by atoms with E-state index in [9.17, 15) is 0 Å². The summed E-state index contributed by atoms with van der Waals surface area (Å²) < 4.78 is 11.7. The van der Waals surface area contributed by atoms with E-state index in [1.54, 1.807) is 6.20 Å². The highest BCUT2D eigenvalue weighted by atomic mass is 35.5. The molecule has 0 unspecified atom stereocenters. The quantitative estimate of drug-likeness (QED) is 0.578. The van der Waals surface area contributed by atoms with Crippen LogP contribution in [0.4, 0.5) is 0 Å². The number of hydrogen-bond acceptors (Lipinski definition) is 4. The molecule has 148 valence electrons. The summed E-state index contributed by atoms with van der Waals surface area (Å²) in [7, 11) is 0. The molecule has 0 saturated heterocycles. The molecule has 0 aliphatic carbocycles. The third-order valence-electron chi connectivity index (χ3n) is 3.96. The monoisotopic (exact) mass is 417 g/mol. The third-order valence-corrected chi connectivity index (χ3v) is 4.24. The molecular weight excluding hydrogens is 395 g/mol. The van der Waals surface area contributed by atoms with Crippen molar-refractivity contribution in [2.45, 2.75) is 26.6 Å². The van der Waals surface area contributed by atoms with Gasteiger partial charge in [0.25, 0.3) is 0 Å². The number of rotatable bonds is 9. The minimum Gasteiger partial charge on any atom is -1.00 e. The van der Waals surface area contributed by atoms with Crippen LogP contribution < -0.4 is 27.2 Å². The lowest BCUT2D eigenvalue weighted by molar-refractivity contribution is -0.00000625. The number of halogens is 2. The zero-order chi connectivity index (χ0) is 18.9. The molecule has 0 bridgehead atoms. The first-order chi connectivity index (χ1) is 13.3. The van der Waals surface area contributed by atoms with Crippen LogP contribution in [0.25, 0.3) is 0 Å². The van der Waals surface area contributed by atoms with Gasteiger partial charge in [-0.15, -0.1) is 0 Å². The van der Waals surface area contributed by atoms with E-state index in [2.05, 4.69) is 10.3 Å². The van der Waals surface area contributed by atoms with Gasteiger partial charge in [-0.2, -0.15) is 0 Å². The lowest BCUT2D eigenvalue weighted by atomic mass is 10.2. The Bertz CT molecular complexity index is 846. The molecule has 2 aromatic carbocycles. The Hall–Kier alpha value is -2.27. The predicted octanol–water partition coefficient (Wildman–Crippen LogP) is 2.01. The molecule has 28 heavy (non-hydrogen) atoms. The summed E-state index contributed by atoms with van der Waals surface area (Å²) in [4.78, 5) is 4.31. The van der Waals surface area contributed by atoms with Crippen LogP contribution in [-0.4, -0.2) is 11.6 Å². The van der Waals surface area contributed by atoms with E-state index in [0.29, 0.717) is 42.8 Å². The molecule has 6 heteroatoms. The van der Waals surface area contributed by atoms with Gasteiger partial charge in [-0.1, -0.05) is 48.0 Å². The van der Waals surface area contributed by atoms with Crippen molar-refractivity contribution in [3.63, 3.8) is 0 Å². The van der Waals surface area contributed by atoms with E-state index >= 15 is 0 Å². The van der Waals surface area contributed by atoms with E-state index in [-0.39, 0.29) is 12.4 Å². The summed E-state index contributed by atoms with van der Waals surface area (Å²) in [5.41, 5.74) is 3.11. The number of nitrogens with zero attached hydrogens (tertiary/aromatic N) is 1. The van der Waals surface area contributed by atoms with Crippen LogP contribution in [0, 0.1) is 0 Å². The van der Waals surface area contributed by atoms with Crippen LogP contribution in [0.2, 0.25) is 5.02 Å². The SMILES string of the molecule is CCOc1cc(CNCc2ccccn2)cc(Cl)c1OCc1ccccc1.[Cl-]. The van der Waals surface area contributed by atoms with E-state index < -0.39 is 0 Å². The van der Waals surface area contributed by atoms with E-state index in [1.807, 2.05) is 67.6 Å². The number of benzene rings is 2. The van der Waals surface area contributed by atoms with Crippen LogP contribution in [0.3, 0.4) is 0 Å². The van der Waals surface area contributed by atoms with Crippen LogP contribution in [-0.2, 0) is 19.7 Å². The third kappa shape index (κ3) is 6.41. The van der Waals surface area contributed by atoms with Gasteiger partial charge in [-0.3, -0.25) is 4.98 Å². The summed E-state index contributed by atoms with van der Waals surface area (Å²) in [5, 5.41) is 3.92. The van der Waals surface area contributed by atoms with Crippen LogP contribution in [0.1, 0.15) is 23.7 Å². The molecule has 1 heterocycles. The first kappa shape index (κ1) is 22.0. The lowest BCUT2D eigenvalue weighted by Crippen LogP contribution is -3.00. The summed E-state index contributed by atoms with van der Waals surface area (Å²) in [6.45, 7) is 4.28. The van der Waals surface area contributed by atoms with E-state index in [0.717, 1.165) is 16.8 Å². The number of ether oxygens (including phenoxy) is 2. The van der Waals surface area contributed by atoms with Crippen molar-refractivity contribution >= 4 is 11.6 Å². The van der Waals surface area contributed by atoms with Crippen LogP contribution in [0.5, 0.6) is 11.5 Å². The molecule has 0 radical (unpaired) electrons. The molecule has 1 N–H and O–H groups in total. The van der Waals surface area contributed by atoms with Gasteiger partial charge in [0.15, 0.2) is 11.5 Å². The Morgan fingerprint density at radius 1 is 0.929 bits per heavy atom. The molecule has 0 saturated carbocycles. The van der Waals surface area contributed by atoms with Gasteiger partial charge < -0.3 is 27.2 Å². The van der Waals surface area contributed by atoms with Gasteiger partial charge in [0.1, 0.15) is 6.61 Å². The number of pyridine rings is 1. The fourth-order valence-corrected chi connectivity index (χ4v) is 2.98. The second-order valence-electron chi connectivity index (χ2n) is 6.04. The summed E-state index contributed by atoms with van der Waals surface area (Å²) in [5.74, 6) is 1.24. The molecule has 0 spiro atoms. The van der Waals surface area contributed by atoms with Gasteiger partial charge in [-0.05, 0) is 42.3 Å². The molecular formula is C22H23Cl2N2O2-. The number of nitrogens with one attached hydrogen (secondary N) is 1. The maximum absolute atomic E-state index is 6.49. The molecule has 0 atom stereocenters. The van der Waals surface area contributed by atoms with Crippen molar-refractivity contribution in [3.8, 4) is 11.5 Å². The Kier molecular flexibility index (Phi) is 9.08. The molecule has 0 amide bonds. The topological polar surface area (TPSA) is 43.4 Å². The fraction of sp³-hybridized carbons (Fsp3) is 0.227. The average molecular weight is 418 g/mol. The van der Waals surface area contributed by atoms with Crippen LogP contribution in [0.15, 0.2) is 66.9 Å². The highest BCUT2D eigenvalue weighted by Gasteiger charge is 2.13. The van der Waals surface area contributed by atoms with Gasteiger partial charge in [-0.25, -0.2) is 0 Å². The van der Waals surface area contributed by atoms with Crippen molar-refractivity contribution < 1.29 is 21.9 Å². The zero-order valence-corrected chi connectivity index (χ0v) is 17.2. The summed E-state index contributed by atoms with van der Waals surface area (Å²) in [6, 6.07) is 19.8. The molecule has 0 fully saturated rings. The maximum atomic E-state index is 6.49. The van der Waals surface area contributed by atoms with E-state index in [4.69, 9.17) is 21.1 Å². The molecule has 3 rings (SSSR count). The number of aromatic nitrogens is 1. The van der Waals surface area contributed by atoms with Gasteiger partial charge in [0.05, 0.1) is 17.3 Å². The lowest BCUT2D eigenvalue weighted by Gasteiger charge is -2.15. The summed E-state index contributed by atoms with van der Waals surface area (Å²) >= 11 is 6.49. The van der Waals surface area contributed by atoms with E-state index in [1.165, 1.54) is 0 Å². The highest BCUT2D eigenvalue weighted by Crippen LogP contribution is 2.37. The van der Waals surface area contributed by atoms with Crippen molar-refractivity contribution in [3.05, 3.63) is 88.7 Å². The Labute approximate surface area is 177 Å². The Morgan fingerprint density at radius 3 is 2.43 bits per heavy atom. The van der Waals surface area contributed by atoms with Crippen molar-refractivity contribution in [1.29, 1.82) is 0 Å². The molecule has 0 aliphatic heterocycles. The minimum absolute atomic E-state index is 0. The first-order valence-electron chi connectivity index (χ1n) is 8.99. The minimum atomic E-state index is 0. The van der Waals surface area contributed by atoms with Gasteiger partial charge in [0, 0.05) is 19.3 Å². The van der Waals surface area contributed by atoms with Crippen molar-refractivity contribution in [2.24, 2.45) is 0 Å². The number of hydrogen-bond donors (Lipinski definition) is 1. The highest BCUT2D eigenvalue weighted by molar-refractivity contribution is 6.32. The largest absolute Gasteiger partial charge is 1.00 e. The standard InChI is InChI=1S/C22H23ClN2O2.ClH/c1-2-26-21-13-18(14-24-15-19-10-6-7-11-25-19)12-20(23)22(21)27-16-17-8-4-3-5-9-17;/h3-13,24H,2,14-16H2,1H3;1H/p-1. The molecule has 0 aliphatic rings. The molecule has 1 aromatic heterocycles. The zero-order valence-electron chi connectivity index (χ0n) is 15.7. The fourth-order valence-electron chi connectivity index (χ4n) is 2.69. The predicted molar refractivity (Wildman–Crippen MR) is 108 cm³/mol. The molecule has 4 nitrogen and oxygen atoms in total. The summed E-state index contributed by atoms with van der Waals surface area (Å²) in [6.07, 6.45) is 1.79. The first-order valence-corrected chi connectivity index (χ1v) is 9.36. The Morgan fingerprint density at radius 2 is 1.71 bits per heavy atom. The molecule has 3 aromatic rings. The second kappa shape index (κ2) is 11.5. The van der Waals surface area contributed by atoms with Crippen molar-refractivity contribution in [2.75, 3.05) is 6.61 Å². The second-order valence-corrected chi connectivity index (χ2v) is 6.44. The Balaban J connectivity index is 0.00000280. The smallest absolute Gasteiger partial charge is 0.180 e. The van der Waals surface area contributed by atoms with Crippen molar-refractivity contribution in [1.82, 2.24) is 10.3 Å². The van der Waals surface area contributed by atoms with Gasteiger partial charge in [0.2, 0.25) is 0 Å². The maximum Gasteiger partial charge on any atom is 0.180 e. The van der Waals surface area contributed by atoms with Crippen LogP contribution >= 0.6 is 11.6 Å². The van der Waals surface area contributed by atoms with Gasteiger partial charge >= 0.3 is 0 Å². The normalized spacial score (nSPS) is 10.2. The average Bonchev–Trinajstić information content (AvgIpc) is 2.69.